The molecule has 0 unspecified atom stereocenters. The minimum absolute atomic E-state index is 0. The lowest BCUT2D eigenvalue weighted by Crippen LogP contribution is -3.00. The molecule has 1 nitrogen and oxygen atoms in total. The van der Waals surface area contributed by atoms with Gasteiger partial charge in [0.1, 0.15) is 29.0 Å². The predicted octanol–water partition coefficient (Wildman–Crippen LogP) is 1.35. The summed E-state index contributed by atoms with van der Waals surface area (Å²) in [7, 11) is -1.76. The summed E-state index contributed by atoms with van der Waals surface area (Å²) in [5.74, 6) is 0.271. The van der Waals surface area contributed by atoms with E-state index in [4.69, 9.17) is 0 Å². The minimum atomic E-state index is -1.76. The number of rotatable bonds is 7. The fourth-order valence-corrected chi connectivity index (χ4v) is 7.79. The van der Waals surface area contributed by atoms with Crippen molar-refractivity contribution in [2.45, 2.75) is 19.8 Å². The van der Waals surface area contributed by atoms with Crippen molar-refractivity contribution < 1.29 is 21.8 Å². The molecule has 0 aromatic heterocycles. The van der Waals surface area contributed by atoms with Gasteiger partial charge in [-0.3, -0.25) is 0 Å². The Kier molecular flexibility index (Phi) is 7.75. The van der Waals surface area contributed by atoms with Crippen molar-refractivity contribution in [1.29, 1.82) is 0 Å². The third kappa shape index (κ3) is 4.50. The van der Waals surface area contributed by atoms with Crippen LogP contribution in [0.25, 0.3) is 0 Å². The van der Waals surface area contributed by atoms with Crippen molar-refractivity contribution in [3.8, 4) is 0 Å². The van der Waals surface area contributed by atoms with E-state index in [2.05, 4.69) is 91.0 Å². The van der Waals surface area contributed by atoms with Gasteiger partial charge in [0.15, 0.2) is 0 Å². The molecule has 0 aliphatic carbocycles. The summed E-state index contributed by atoms with van der Waals surface area (Å²) in [6.07, 6.45) is 2.58. The number of halogens is 1. The molecule has 3 rings (SSSR count). The molecule has 0 bridgehead atoms. The Balaban J connectivity index is 0.00000243. The van der Waals surface area contributed by atoms with Crippen LogP contribution >= 0.6 is 7.26 Å². The maximum absolute atomic E-state index is 11.6. The van der Waals surface area contributed by atoms with Crippen LogP contribution in [0.3, 0.4) is 0 Å². The smallest absolute Gasteiger partial charge is 0.129 e. The zero-order valence-corrected chi connectivity index (χ0v) is 17.5. The molecular weight excluding hydrogens is 403 g/mol. The number of ketones is 1. The molecule has 0 aliphatic rings. The van der Waals surface area contributed by atoms with Gasteiger partial charge < -0.3 is 21.8 Å². The monoisotopic (exact) mass is 426 g/mol. The minimum Gasteiger partial charge on any atom is -1.00 e. The van der Waals surface area contributed by atoms with Gasteiger partial charge in [0.05, 0.1) is 6.16 Å². The normalized spacial score (nSPS) is 10.8. The van der Waals surface area contributed by atoms with Crippen molar-refractivity contribution >= 4 is 29.0 Å². The molecule has 0 aliphatic heterocycles. The summed E-state index contributed by atoms with van der Waals surface area (Å²) in [4.78, 5) is 11.6. The standard InChI is InChI=1S/C23H24OP.BrH/c1-20(24)12-11-19-25(21-13-5-2-6-14-21,22-15-7-3-8-16-22)23-17-9-4-10-18-23;/h2-10,13-18H,11-12,19H2,1H3;1H/q+1;/p-1. The quantitative estimate of drug-likeness (QED) is 0.521. The van der Waals surface area contributed by atoms with E-state index in [1.54, 1.807) is 6.92 Å². The van der Waals surface area contributed by atoms with E-state index in [0.717, 1.165) is 12.6 Å². The molecule has 0 N–H and O–H groups in total. The molecule has 0 atom stereocenters. The number of carbonyl (C=O) groups excluding carboxylic acids is 1. The lowest BCUT2D eigenvalue weighted by Gasteiger charge is -2.27. The Morgan fingerprint density at radius 2 is 1.04 bits per heavy atom. The number of carbonyl (C=O) groups is 1. The fraction of sp³-hybridized carbons (Fsp3) is 0.174. The predicted molar refractivity (Wildman–Crippen MR) is 110 cm³/mol. The highest BCUT2D eigenvalue weighted by Gasteiger charge is 2.44. The largest absolute Gasteiger partial charge is 1.00 e. The number of benzene rings is 3. The summed E-state index contributed by atoms with van der Waals surface area (Å²) in [6.45, 7) is 1.69. The van der Waals surface area contributed by atoms with Gasteiger partial charge in [-0.1, -0.05) is 54.6 Å². The molecule has 0 heterocycles. The summed E-state index contributed by atoms with van der Waals surface area (Å²) < 4.78 is 0. The average Bonchev–Trinajstić information content (AvgIpc) is 2.67. The highest BCUT2D eigenvalue weighted by Crippen LogP contribution is 2.55. The second-order valence-electron chi connectivity index (χ2n) is 6.35. The Morgan fingerprint density at radius 1 is 0.692 bits per heavy atom. The molecule has 0 amide bonds. The maximum Gasteiger partial charge on any atom is 0.129 e. The van der Waals surface area contributed by atoms with E-state index >= 15 is 0 Å². The summed E-state index contributed by atoms with van der Waals surface area (Å²) in [5, 5.41) is 4.16. The topological polar surface area (TPSA) is 17.1 Å². The molecule has 26 heavy (non-hydrogen) atoms. The van der Waals surface area contributed by atoms with E-state index in [1.165, 1.54) is 15.9 Å². The number of hydrogen-bond donors (Lipinski definition) is 0. The van der Waals surface area contributed by atoms with Crippen molar-refractivity contribution in [3.05, 3.63) is 91.0 Å². The summed E-state index contributed by atoms with van der Waals surface area (Å²) >= 11 is 0. The average molecular weight is 427 g/mol. The van der Waals surface area contributed by atoms with Gasteiger partial charge in [-0.15, -0.1) is 0 Å². The van der Waals surface area contributed by atoms with Crippen molar-refractivity contribution in [3.63, 3.8) is 0 Å². The third-order valence-electron chi connectivity index (χ3n) is 4.61. The Bertz CT molecular complexity index is 707. The van der Waals surface area contributed by atoms with Gasteiger partial charge in [-0.25, -0.2) is 0 Å². The zero-order chi connectivity index (χ0) is 17.5. The Labute approximate surface area is 167 Å². The van der Waals surface area contributed by atoms with E-state index in [0.29, 0.717) is 6.42 Å². The van der Waals surface area contributed by atoms with Gasteiger partial charge in [0, 0.05) is 6.42 Å². The van der Waals surface area contributed by atoms with Crippen LogP contribution in [0, 0.1) is 0 Å². The molecule has 0 spiro atoms. The van der Waals surface area contributed by atoms with Crippen LogP contribution in [0.2, 0.25) is 0 Å². The summed E-state index contributed by atoms with van der Waals surface area (Å²) in [5.41, 5.74) is 0. The van der Waals surface area contributed by atoms with Crippen molar-refractivity contribution in [2.24, 2.45) is 0 Å². The SMILES string of the molecule is CC(=O)CCC[P+](c1ccccc1)(c1ccccc1)c1ccccc1.[Br-]. The molecule has 134 valence electrons. The molecule has 3 heteroatoms. The highest BCUT2D eigenvalue weighted by atomic mass is 79.9. The Morgan fingerprint density at radius 3 is 1.35 bits per heavy atom. The molecule has 3 aromatic carbocycles. The van der Waals surface area contributed by atoms with E-state index in [9.17, 15) is 4.79 Å². The second kappa shape index (κ2) is 9.80. The van der Waals surface area contributed by atoms with Crippen LogP contribution in [0.15, 0.2) is 91.0 Å². The van der Waals surface area contributed by atoms with Crippen molar-refractivity contribution in [1.82, 2.24) is 0 Å². The summed E-state index contributed by atoms with van der Waals surface area (Å²) in [6, 6.07) is 32.5. The molecule has 0 fully saturated rings. The van der Waals surface area contributed by atoms with Crippen LogP contribution in [-0.4, -0.2) is 11.9 Å². The Hall–Kier alpha value is -1.76. The first-order valence-electron chi connectivity index (χ1n) is 8.78. The molecule has 0 saturated heterocycles. The highest BCUT2D eigenvalue weighted by molar-refractivity contribution is 7.95. The van der Waals surface area contributed by atoms with Gasteiger partial charge in [-0.2, -0.15) is 0 Å². The lowest BCUT2D eigenvalue weighted by molar-refractivity contribution is -0.117. The van der Waals surface area contributed by atoms with Crippen molar-refractivity contribution in [2.75, 3.05) is 6.16 Å². The van der Waals surface area contributed by atoms with E-state index < -0.39 is 7.26 Å². The number of Topliss-reactive ketones (excluding diaryl/α,β-unsaturated/α-hetero) is 1. The second-order valence-corrected chi connectivity index (χ2v) is 9.96. The van der Waals surface area contributed by atoms with Crippen LogP contribution in [0.5, 0.6) is 0 Å². The third-order valence-corrected chi connectivity index (χ3v) is 9.14. The van der Waals surface area contributed by atoms with Crippen LogP contribution in [0.4, 0.5) is 0 Å². The first-order valence-corrected chi connectivity index (χ1v) is 10.8. The van der Waals surface area contributed by atoms with Gasteiger partial charge >= 0.3 is 0 Å². The molecular formula is C23H24BrOP. The lowest BCUT2D eigenvalue weighted by atomic mass is 10.3. The first kappa shape index (κ1) is 20.6. The van der Waals surface area contributed by atoms with E-state index in [1.807, 2.05) is 0 Å². The van der Waals surface area contributed by atoms with Crippen LogP contribution in [-0.2, 0) is 4.79 Å². The van der Waals surface area contributed by atoms with E-state index in [-0.39, 0.29) is 22.8 Å². The first-order chi connectivity index (χ1) is 12.2. The zero-order valence-electron chi connectivity index (χ0n) is 15.0. The maximum atomic E-state index is 11.6. The molecule has 3 aromatic rings. The van der Waals surface area contributed by atoms with Gasteiger partial charge in [0.25, 0.3) is 0 Å². The van der Waals surface area contributed by atoms with Gasteiger partial charge in [-0.05, 0) is 49.7 Å². The number of hydrogen-bond acceptors (Lipinski definition) is 1. The van der Waals surface area contributed by atoms with Crippen LogP contribution in [0.1, 0.15) is 19.8 Å². The molecule has 0 saturated carbocycles. The molecule has 0 radical (unpaired) electrons. The van der Waals surface area contributed by atoms with Crippen LogP contribution < -0.4 is 32.9 Å². The van der Waals surface area contributed by atoms with Gasteiger partial charge in [0.2, 0.25) is 0 Å². The fourth-order valence-electron chi connectivity index (χ4n) is 3.45.